The second kappa shape index (κ2) is 7.11. The first kappa shape index (κ1) is 18.7. The van der Waals surface area contributed by atoms with Gasteiger partial charge in [0.2, 0.25) is 10.0 Å². The van der Waals surface area contributed by atoms with Crippen molar-refractivity contribution in [3.8, 4) is 5.75 Å². The number of aryl methyl sites for hydroxylation is 1. The van der Waals surface area contributed by atoms with Gasteiger partial charge in [-0.1, -0.05) is 29.3 Å². The van der Waals surface area contributed by atoms with E-state index in [1.54, 1.807) is 13.0 Å². The first-order chi connectivity index (χ1) is 11.1. The molecule has 0 saturated carbocycles. The summed E-state index contributed by atoms with van der Waals surface area (Å²) in [5, 5.41) is 0.592. The molecule has 0 N–H and O–H groups in total. The Labute approximate surface area is 150 Å². The molecule has 0 aliphatic rings. The molecule has 0 fully saturated rings. The van der Waals surface area contributed by atoms with Gasteiger partial charge in [-0.3, -0.25) is 0 Å². The van der Waals surface area contributed by atoms with Crippen molar-refractivity contribution < 1.29 is 17.9 Å². The van der Waals surface area contributed by atoms with Crippen LogP contribution in [0.2, 0.25) is 10.0 Å². The molecule has 0 amide bonds. The number of ether oxygens (including phenoxy) is 1. The van der Waals surface area contributed by atoms with E-state index in [4.69, 9.17) is 27.9 Å². The van der Waals surface area contributed by atoms with Crippen molar-refractivity contribution >= 4 is 39.2 Å². The molecular weight excluding hydrogens is 373 g/mol. The Balaban J connectivity index is 2.37. The maximum atomic E-state index is 12.4. The lowest BCUT2D eigenvalue weighted by atomic mass is 10.1. The molecule has 0 aromatic heterocycles. The molecule has 0 radical (unpaired) electrons. The summed E-state index contributed by atoms with van der Waals surface area (Å²) in [6.07, 6.45) is 0. The number of carbonyl (C=O) groups is 1. The second-order valence-electron chi connectivity index (χ2n) is 5.23. The molecule has 5 nitrogen and oxygen atoms in total. The van der Waals surface area contributed by atoms with Crippen molar-refractivity contribution in [1.82, 2.24) is 4.31 Å². The summed E-state index contributed by atoms with van der Waals surface area (Å²) in [4.78, 5) is 12.4. The Bertz CT molecular complexity index is 895. The van der Waals surface area contributed by atoms with Crippen LogP contribution < -0.4 is 4.74 Å². The second-order valence-corrected chi connectivity index (χ2v) is 8.20. The lowest BCUT2D eigenvalue weighted by Gasteiger charge is -2.13. The average molecular weight is 388 g/mol. The number of hydrogen-bond donors (Lipinski definition) is 0. The lowest BCUT2D eigenvalue weighted by molar-refractivity contribution is 0.0734. The third kappa shape index (κ3) is 3.89. The topological polar surface area (TPSA) is 63.7 Å². The third-order valence-corrected chi connectivity index (χ3v) is 5.86. The molecule has 0 aliphatic heterocycles. The molecule has 0 unspecified atom stereocenters. The van der Waals surface area contributed by atoms with E-state index in [9.17, 15) is 13.2 Å². The summed E-state index contributed by atoms with van der Waals surface area (Å²) < 4.78 is 30.7. The maximum absolute atomic E-state index is 12.4. The fourth-order valence-electron chi connectivity index (χ4n) is 1.89. The molecule has 128 valence electrons. The largest absolute Gasteiger partial charge is 0.423 e. The molecule has 8 heteroatoms. The van der Waals surface area contributed by atoms with Gasteiger partial charge in [-0.15, -0.1) is 0 Å². The zero-order valence-electron chi connectivity index (χ0n) is 13.2. The van der Waals surface area contributed by atoms with Gasteiger partial charge in [0, 0.05) is 20.2 Å². The standard InChI is InChI=1S/C16H15Cl2NO4S/c1-10-4-6-12(24(21,22)19(2)3)9-13(10)16(20)23-11-5-7-14(17)15(18)8-11/h4-9H,1-3H3. The third-order valence-electron chi connectivity index (χ3n) is 3.31. The highest BCUT2D eigenvalue weighted by Crippen LogP contribution is 2.27. The van der Waals surface area contributed by atoms with Crippen LogP contribution in [0, 0.1) is 6.92 Å². The number of esters is 1. The maximum Gasteiger partial charge on any atom is 0.343 e. The highest BCUT2D eigenvalue weighted by molar-refractivity contribution is 7.89. The number of hydrogen-bond acceptors (Lipinski definition) is 4. The van der Waals surface area contributed by atoms with Gasteiger partial charge in [-0.05, 0) is 36.8 Å². The predicted molar refractivity (Wildman–Crippen MR) is 93.5 cm³/mol. The van der Waals surface area contributed by atoms with E-state index >= 15 is 0 Å². The number of rotatable bonds is 4. The van der Waals surface area contributed by atoms with E-state index in [0.29, 0.717) is 10.6 Å². The van der Waals surface area contributed by atoms with Gasteiger partial charge in [0.1, 0.15) is 5.75 Å². The van der Waals surface area contributed by atoms with Crippen LogP contribution in [0.5, 0.6) is 5.75 Å². The Morgan fingerprint density at radius 1 is 1.04 bits per heavy atom. The fraction of sp³-hybridized carbons (Fsp3) is 0.188. The van der Waals surface area contributed by atoms with Crippen LogP contribution in [0.25, 0.3) is 0 Å². The SMILES string of the molecule is Cc1ccc(S(=O)(=O)N(C)C)cc1C(=O)Oc1ccc(Cl)c(Cl)c1. The molecule has 2 aromatic rings. The zero-order valence-corrected chi connectivity index (χ0v) is 15.5. The lowest BCUT2D eigenvalue weighted by Crippen LogP contribution is -2.23. The Hall–Kier alpha value is -1.60. The molecule has 24 heavy (non-hydrogen) atoms. The van der Waals surface area contributed by atoms with Crippen LogP contribution in [-0.4, -0.2) is 32.8 Å². The van der Waals surface area contributed by atoms with E-state index in [0.717, 1.165) is 4.31 Å². The van der Waals surface area contributed by atoms with Crippen LogP contribution in [0.1, 0.15) is 15.9 Å². The van der Waals surface area contributed by atoms with Crippen LogP contribution >= 0.6 is 23.2 Å². The fourth-order valence-corrected chi connectivity index (χ4v) is 3.11. The van der Waals surface area contributed by atoms with Gasteiger partial charge in [0.25, 0.3) is 0 Å². The Morgan fingerprint density at radius 2 is 1.71 bits per heavy atom. The van der Waals surface area contributed by atoms with E-state index in [2.05, 4.69) is 0 Å². The van der Waals surface area contributed by atoms with Crippen LogP contribution in [-0.2, 0) is 10.0 Å². The Morgan fingerprint density at radius 3 is 2.29 bits per heavy atom. The molecule has 2 rings (SSSR count). The quantitative estimate of drug-likeness (QED) is 0.591. The van der Waals surface area contributed by atoms with Gasteiger partial charge >= 0.3 is 5.97 Å². The average Bonchev–Trinajstić information content (AvgIpc) is 2.51. The van der Waals surface area contributed by atoms with E-state index in [1.807, 2.05) is 0 Å². The molecule has 0 spiro atoms. The molecule has 0 atom stereocenters. The molecule has 0 bridgehead atoms. The van der Waals surface area contributed by atoms with Crippen molar-refractivity contribution in [3.63, 3.8) is 0 Å². The summed E-state index contributed by atoms with van der Waals surface area (Å²) in [6.45, 7) is 1.69. The minimum absolute atomic E-state index is 0.0131. The van der Waals surface area contributed by atoms with Gasteiger partial charge in [-0.2, -0.15) is 0 Å². The summed E-state index contributed by atoms with van der Waals surface area (Å²) in [6, 6.07) is 8.72. The monoisotopic (exact) mass is 387 g/mol. The molecule has 0 saturated heterocycles. The van der Waals surface area contributed by atoms with Crippen molar-refractivity contribution in [2.45, 2.75) is 11.8 Å². The van der Waals surface area contributed by atoms with Gasteiger partial charge < -0.3 is 4.74 Å². The summed E-state index contributed by atoms with van der Waals surface area (Å²) >= 11 is 11.7. The van der Waals surface area contributed by atoms with Gasteiger partial charge in [-0.25, -0.2) is 17.5 Å². The molecule has 0 aliphatic carbocycles. The number of benzene rings is 2. The molecule has 0 heterocycles. The van der Waals surface area contributed by atoms with E-state index in [1.165, 1.54) is 44.4 Å². The minimum atomic E-state index is -3.65. The van der Waals surface area contributed by atoms with Crippen molar-refractivity contribution in [2.75, 3.05) is 14.1 Å². The Kier molecular flexibility index (Phi) is 5.55. The summed E-state index contributed by atoms with van der Waals surface area (Å²) in [5.74, 6) is -0.462. The number of sulfonamides is 1. The highest BCUT2D eigenvalue weighted by Gasteiger charge is 2.21. The van der Waals surface area contributed by atoms with Crippen molar-refractivity contribution in [1.29, 1.82) is 0 Å². The first-order valence-corrected chi connectivity index (χ1v) is 9.03. The van der Waals surface area contributed by atoms with Gasteiger partial charge in [0.05, 0.1) is 20.5 Å². The summed E-state index contributed by atoms with van der Waals surface area (Å²) in [7, 11) is -0.809. The smallest absolute Gasteiger partial charge is 0.343 e. The molecule has 2 aromatic carbocycles. The van der Waals surface area contributed by atoms with Crippen LogP contribution in [0.15, 0.2) is 41.3 Å². The van der Waals surface area contributed by atoms with Crippen molar-refractivity contribution in [3.05, 3.63) is 57.6 Å². The number of carbonyl (C=O) groups excluding carboxylic acids is 1. The molecular formula is C16H15Cl2NO4S. The highest BCUT2D eigenvalue weighted by atomic mass is 35.5. The number of nitrogens with zero attached hydrogens (tertiary/aromatic N) is 1. The van der Waals surface area contributed by atoms with Crippen LogP contribution in [0.4, 0.5) is 0 Å². The van der Waals surface area contributed by atoms with Crippen molar-refractivity contribution in [2.24, 2.45) is 0 Å². The van der Waals surface area contributed by atoms with Crippen LogP contribution in [0.3, 0.4) is 0 Å². The first-order valence-electron chi connectivity index (χ1n) is 6.83. The van der Waals surface area contributed by atoms with E-state index < -0.39 is 16.0 Å². The van der Waals surface area contributed by atoms with E-state index in [-0.39, 0.29) is 21.2 Å². The predicted octanol–water partition coefficient (Wildman–Crippen LogP) is 3.77. The minimum Gasteiger partial charge on any atom is -0.423 e. The number of halogens is 2. The van der Waals surface area contributed by atoms with Gasteiger partial charge in [0.15, 0.2) is 0 Å². The summed E-state index contributed by atoms with van der Waals surface area (Å²) in [5.41, 5.74) is 0.752. The normalized spacial score (nSPS) is 11.6. The zero-order chi connectivity index (χ0) is 18.1.